The number of methoxy groups -OCH3 is 2. The van der Waals surface area contributed by atoms with E-state index in [0.717, 1.165) is 16.7 Å². The van der Waals surface area contributed by atoms with Crippen LogP contribution in [-0.2, 0) is 6.54 Å². The molecule has 0 fully saturated rings. The fourth-order valence-corrected chi connectivity index (χ4v) is 4.78. The van der Waals surface area contributed by atoms with Crippen LogP contribution in [0.1, 0.15) is 44.4 Å². The minimum Gasteiger partial charge on any atom is -0.504 e. The average molecular weight is 472 g/mol. The summed E-state index contributed by atoms with van der Waals surface area (Å²) in [5.41, 5.74) is 3.70. The molecule has 0 saturated heterocycles. The number of carbonyl (C=O) groups excluding carboxylic acids is 1. The zero-order valence-corrected chi connectivity index (χ0v) is 19.9. The average Bonchev–Trinajstić information content (AvgIpc) is 3.12. The second-order valence-corrected chi connectivity index (χ2v) is 8.75. The zero-order valence-electron chi connectivity index (χ0n) is 19.9. The second kappa shape index (κ2) is 8.51. The topological polar surface area (TPSA) is 89.2 Å². The normalized spacial score (nSPS) is 14.9. The summed E-state index contributed by atoms with van der Waals surface area (Å²) >= 11 is 0. The van der Waals surface area contributed by atoms with E-state index in [9.17, 15) is 14.7 Å². The Morgan fingerprint density at radius 1 is 0.971 bits per heavy atom. The zero-order chi connectivity index (χ0) is 24.9. The van der Waals surface area contributed by atoms with Gasteiger partial charge in [-0.15, -0.1) is 0 Å². The van der Waals surface area contributed by atoms with Crippen molar-refractivity contribution in [3.8, 4) is 17.2 Å². The van der Waals surface area contributed by atoms with Gasteiger partial charge >= 0.3 is 0 Å². The van der Waals surface area contributed by atoms with Crippen molar-refractivity contribution in [1.82, 2.24) is 4.90 Å². The van der Waals surface area contributed by atoms with Gasteiger partial charge in [-0.05, 0) is 66.4 Å². The van der Waals surface area contributed by atoms with Gasteiger partial charge in [-0.1, -0.05) is 24.3 Å². The Labute approximate surface area is 202 Å². The highest BCUT2D eigenvalue weighted by atomic mass is 16.5. The lowest BCUT2D eigenvalue weighted by Gasteiger charge is -2.25. The maximum atomic E-state index is 13.8. The highest BCUT2D eigenvalue weighted by molar-refractivity contribution is 5.99. The number of rotatable bonds is 5. The summed E-state index contributed by atoms with van der Waals surface area (Å²) in [5.74, 6) is 0.606. The number of benzene rings is 3. The highest BCUT2D eigenvalue weighted by Crippen LogP contribution is 2.41. The van der Waals surface area contributed by atoms with E-state index < -0.39 is 6.04 Å². The number of phenolic OH excluding ortho intramolecular Hbond substituents is 1. The summed E-state index contributed by atoms with van der Waals surface area (Å²) in [6.07, 6.45) is 0. The van der Waals surface area contributed by atoms with Crippen LogP contribution in [0.5, 0.6) is 17.2 Å². The van der Waals surface area contributed by atoms with Gasteiger partial charge in [-0.2, -0.15) is 0 Å². The SMILES string of the molecule is COc1ccc(CN2C(=O)c3oc4c(C)cc(C)cc4c(=O)c3C2c2ccc(O)c(OC)c2)cc1. The number of phenols is 1. The maximum Gasteiger partial charge on any atom is 0.291 e. The predicted molar refractivity (Wildman–Crippen MR) is 131 cm³/mol. The third-order valence-electron chi connectivity index (χ3n) is 6.43. The Kier molecular flexibility index (Phi) is 5.47. The van der Waals surface area contributed by atoms with Gasteiger partial charge in [-0.3, -0.25) is 9.59 Å². The van der Waals surface area contributed by atoms with Gasteiger partial charge in [0.15, 0.2) is 16.9 Å². The van der Waals surface area contributed by atoms with Crippen molar-refractivity contribution in [3.63, 3.8) is 0 Å². The minimum atomic E-state index is -0.712. The molecule has 2 heterocycles. The van der Waals surface area contributed by atoms with Crippen LogP contribution < -0.4 is 14.9 Å². The van der Waals surface area contributed by atoms with Gasteiger partial charge in [0.1, 0.15) is 11.3 Å². The molecule has 1 N–H and O–H groups in total. The lowest BCUT2D eigenvalue weighted by Crippen LogP contribution is -2.29. The Morgan fingerprint density at radius 3 is 2.40 bits per heavy atom. The van der Waals surface area contributed by atoms with Crippen molar-refractivity contribution >= 4 is 16.9 Å². The van der Waals surface area contributed by atoms with Crippen LogP contribution in [0.15, 0.2) is 63.8 Å². The smallest absolute Gasteiger partial charge is 0.291 e. The van der Waals surface area contributed by atoms with Crippen LogP contribution in [0, 0.1) is 13.8 Å². The monoisotopic (exact) mass is 471 g/mol. The van der Waals surface area contributed by atoms with Gasteiger partial charge in [0.25, 0.3) is 5.91 Å². The van der Waals surface area contributed by atoms with Crippen LogP contribution in [0.25, 0.3) is 11.0 Å². The maximum absolute atomic E-state index is 13.8. The molecular formula is C28H25NO6. The summed E-state index contributed by atoms with van der Waals surface area (Å²) in [6.45, 7) is 4.03. The van der Waals surface area contributed by atoms with E-state index in [4.69, 9.17) is 13.9 Å². The molecular weight excluding hydrogens is 446 g/mol. The van der Waals surface area contributed by atoms with E-state index in [1.54, 1.807) is 30.2 Å². The van der Waals surface area contributed by atoms with Crippen molar-refractivity contribution in [3.05, 3.63) is 98.4 Å². The van der Waals surface area contributed by atoms with Gasteiger partial charge in [0, 0.05) is 6.54 Å². The molecule has 1 atom stereocenters. The molecule has 3 aromatic carbocycles. The van der Waals surface area contributed by atoms with E-state index >= 15 is 0 Å². The first-order chi connectivity index (χ1) is 16.8. The van der Waals surface area contributed by atoms with Gasteiger partial charge in [0.2, 0.25) is 5.76 Å². The van der Waals surface area contributed by atoms with Crippen molar-refractivity contribution in [2.24, 2.45) is 0 Å². The van der Waals surface area contributed by atoms with Crippen LogP contribution in [0.2, 0.25) is 0 Å². The van der Waals surface area contributed by atoms with Crippen LogP contribution in [0.4, 0.5) is 0 Å². The number of ether oxygens (including phenoxy) is 2. The van der Waals surface area contributed by atoms with E-state index in [2.05, 4.69) is 0 Å². The van der Waals surface area contributed by atoms with Gasteiger partial charge in [-0.25, -0.2) is 0 Å². The Bertz CT molecular complexity index is 1520. The fourth-order valence-electron chi connectivity index (χ4n) is 4.78. The Morgan fingerprint density at radius 2 is 1.71 bits per heavy atom. The molecule has 0 bridgehead atoms. The summed E-state index contributed by atoms with van der Waals surface area (Å²) in [4.78, 5) is 29.1. The molecule has 4 aromatic rings. The third kappa shape index (κ3) is 3.69. The summed E-state index contributed by atoms with van der Waals surface area (Å²) in [6, 6.07) is 15.2. The molecule has 7 nitrogen and oxygen atoms in total. The van der Waals surface area contributed by atoms with Gasteiger partial charge < -0.3 is 23.9 Å². The number of fused-ring (bicyclic) bond motifs is 2. The molecule has 1 unspecified atom stereocenters. The van der Waals surface area contributed by atoms with Crippen molar-refractivity contribution in [2.45, 2.75) is 26.4 Å². The number of hydrogen-bond donors (Lipinski definition) is 1. The molecule has 35 heavy (non-hydrogen) atoms. The number of hydrogen-bond acceptors (Lipinski definition) is 6. The van der Waals surface area contributed by atoms with Crippen LogP contribution in [-0.4, -0.2) is 30.1 Å². The molecule has 0 spiro atoms. The standard InChI is InChI=1S/C28H25NO6/c1-15-11-16(2)26-20(12-15)25(31)23-24(18-7-10-21(30)22(13-18)34-4)29(28(32)27(23)35-26)14-17-5-8-19(33-3)9-6-17/h5-13,24,30H,14H2,1-4H3. The summed E-state index contributed by atoms with van der Waals surface area (Å²) in [7, 11) is 3.05. The first-order valence-corrected chi connectivity index (χ1v) is 11.2. The van der Waals surface area contributed by atoms with Gasteiger partial charge in [0.05, 0.1) is 31.2 Å². The van der Waals surface area contributed by atoms with E-state index in [1.807, 2.05) is 44.2 Å². The van der Waals surface area contributed by atoms with E-state index in [1.165, 1.54) is 13.2 Å². The second-order valence-electron chi connectivity index (χ2n) is 8.75. The number of amides is 1. The molecule has 1 amide bonds. The quantitative estimate of drug-likeness (QED) is 0.446. The molecule has 0 radical (unpaired) electrons. The molecule has 5 rings (SSSR count). The fraction of sp³-hybridized carbons (Fsp3) is 0.214. The Hall–Kier alpha value is -4.26. The van der Waals surface area contributed by atoms with Crippen molar-refractivity contribution in [2.75, 3.05) is 14.2 Å². The van der Waals surface area contributed by atoms with E-state index in [-0.39, 0.29) is 40.7 Å². The largest absolute Gasteiger partial charge is 0.504 e. The van der Waals surface area contributed by atoms with Crippen molar-refractivity contribution in [1.29, 1.82) is 0 Å². The summed E-state index contributed by atoms with van der Waals surface area (Å²) < 4.78 is 16.7. The van der Waals surface area contributed by atoms with Crippen LogP contribution >= 0.6 is 0 Å². The third-order valence-corrected chi connectivity index (χ3v) is 6.43. The molecule has 7 heteroatoms. The molecule has 1 aliphatic rings. The number of carbonyl (C=O) groups is 1. The van der Waals surface area contributed by atoms with Crippen LogP contribution in [0.3, 0.4) is 0 Å². The summed E-state index contributed by atoms with van der Waals surface area (Å²) in [5, 5.41) is 10.6. The number of nitrogens with zero attached hydrogens (tertiary/aromatic N) is 1. The van der Waals surface area contributed by atoms with Crippen molar-refractivity contribution < 1.29 is 23.8 Å². The molecule has 0 saturated carbocycles. The Balaban J connectivity index is 1.73. The number of aryl methyl sites for hydroxylation is 2. The highest BCUT2D eigenvalue weighted by Gasteiger charge is 2.43. The predicted octanol–water partition coefficient (Wildman–Crippen LogP) is 4.88. The first-order valence-electron chi connectivity index (χ1n) is 11.2. The lowest BCUT2D eigenvalue weighted by molar-refractivity contribution is 0.0714. The lowest BCUT2D eigenvalue weighted by atomic mass is 9.97. The molecule has 1 aromatic heterocycles. The molecule has 178 valence electrons. The van der Waals surface area contributed by atoms with E-state index in [0.29, 0.717) is 22.3 Å². The molecule has 0 aliphatic carbocycles. The number of aromatic hydroxyl groups is 1. The first kappa shape index (κ1) is 22.5. The minimum absolute atomic E-state index is 0.0284. The molecule has 1 aliphatic heterocycles.